The minimum atomic E-state index is 0.152. The van der Waals surface area contributed by atoms with Gasteiger partial charge in [-0.3, -0.25) is 14.5 Å². The molecule has 3 fully saturated rings. The number of nitrogens with one attached hydrogen (secondary N) is 1. The van der Waals surface area contributed by atoms with E-state index in [1.807, 2.05) is 4.90 Å². The molecular formula is C20H36N4O2. The molecule has 2 aliphatic heterocycles. The Bertz CT molecular complexity index is 500. The zero-order chi connectivity index (χ0) is 18.7. The van der Waals surface area contributed by atoms with E-state index in [2.05, 4.69) is 36.0 Å². The van der Waals surface area contributed by atoms with Crippen molar-refractivity contribution in [3.05, 3.63) is 0 Å². The summed E-state index contributed by atoms with van der Waals surface area (Å²) in [5.41, 5.74) is 0. The van der Waals surface area contributed by atoms with Crippen molar-refractivity contribution < 1.29 is 9.59 Å². The molecule has 0 bridgehead atoms. The van der Waals surface area contributed by atoms with Crippen LogP contribution in [-0.4, -0.2) is 84.9 Å². The maximum absolute atomic E-state index is 13.0. The predicted octanol–water partition coefficient (Wildman–Crippen LogP) is 1.17. The SMILES string of the molecule is CC(C)[C@H]1CN(C(=O)CN(C)C2CCNCC2)CCC(=O)N1CC1CC1. The molecule has 1 saturated carbocycles. The molecule has 2 amide bonds. The molecule has 0 aromatic rings. The van der Waals surface area contributed by atoms with Gasteiger partial charge in [0, 0.05) is 32.1 Å². The summed E-state index contributed by atoms with van der Waals surface area (Å²) in [6, 6.07) is 0.639. The van der Waals surface area contributed by atoms with Gasteiger partial charge in [-0.05, 0) is 57.7 Å². The van der Waals surface area contributed by atoms with Gasteiger partial charge in [-0.15, -0.1) is 0 Å². The number of piperidine rings is 1. The van der Waals surface area contributed by atoms with E-state index in [1.165, 1.54) is 12.8 Å². The number of rotatable bonds is 6. The minimum absolute atomic E-state index is 0.152. The van der Waals surface area contributed by atoms with Gasteiger partial charge in [0.05, 0.1) is 12.6 Å². The lowest BCUT2D eigenvalue weighted by atomic mass is 10.0. The second kappa shape index (κ2) is 8.70. The van der Waals surface area contributed by atoms with E-state index in [-0.39, 0.29) is 17.9 Å². The molecule has 2 heterocycles. The lowest BCUT2D eigenvalue weighted by Gasteiger charge is -2.36. The van der Waals surface area contributed by atoms with E-state index in [0.29, 0.717) is 43.9 Å². The summed E-state index contributed by atoms with van der Waals surface area (Å²) in [5.74, 6) is 1.47. The summed E-state index contributed by atoms with van der Waals surface area (Å²) in [7, 11) is 2.07. The van der Waals surface area contributed by atoms with Crippen LogP contribution in [-0.2, 0) is 9.59 Å². The van der Waals surface area contributed by atoms with E-state index < -0.39 is 0 Å². The molecular weight excluding hydrogens is 328 g/mol. The third-order valence-electron chi connectivity index (χ3n) is 6.31. The summed E-state index contributed by atoms with van der Waals surface area (Å²) in [5, 5.41) is 3.38. The van der Waals surface area contributed by atoms with Crippen molar-refractivity contribution in [2.24, 2.45) is 11.8 Å². The van der Waals surface area contributed by atoms with Crippen molar-refractivity contribution in [3.8, 4) is 0 Å². The van der Waals surface area contributed by atoms with Gasteiger partial charge in [-0.25, -0.2) is 0 Å². The fourth-order valence-corrected chi connectivity index (χ4v) is 4.28. The Morgan fingerprint density at radius 2 is 1.92 bits per heavy atom. The number of hydrogen-bond donors (Lipinski definition) is 1. The molecule has 0 radical (unpaired) electrons. The number of likely N-dealkylation sites (N-methyl/N-ethyl adjacent to an activating group) is 1. The van der Waals surface area contributed by atoms with Crippen LogP contribution in [0.5, 0.6) is 0 Å². The first-order chi connectivity index (χ1) is 12.5. The van der Waals surface area contributed by atoms with Gasteiger partial charge in [0.1, 0.15) is 0 Å². The largest absolute Gasteiger partial charge is 0.339 e. The Hall–Kier alpha value is -1.14. The van der Waals surface area contributed by atoms with Gasteiger partial charge in [0.15, 0.2) is 0 Å². The Kier molecular flexibility index (Phi) is 6.56. The van der Waals surface area contributed by atoms with Crippen LogP contribution < -0.4 is 5.32 Å². The number of carbonyl (C=O) groups excluding carboxylic acids is 2. The highest BCUT2D eigenvalue weighted by Gasteiger charge is 2.36. The monoisotopic (exact) mass is 364 g/mol. The third kappa shape index (κ3) is 4.97. The Balaban J connectivity index is 1.61. The van der Waals surface area contributed by atoms with E-state index >= 15 is 0 Å². The van der Waals surface area contributed by atoms with Gasteiger partial charge in [0.25, 0.3) is 0 Å². The molecule has 148 valence electrons. The van der Waals surface area contributed by atoms with Gasteiger partial charge < -0.3 is 15.1 Å². The first-order valence-corrected chi connectivity index (χ1v) is 10.4. The maximum atomic E-state index is 13.0. The van der Waals surface area contributed by atoms with Gasteiger partial charge in [0.2, 0.25) is 11.8 Å². The average molecular weight is 365 g/mol. The van der Waals surface area contributed by atoms with Gasteiger partial charge in [-0.1, -0.05) is 13.8 Å². The summed E-state index contributed by atoms with van der Waals surface area (Å²) < 4.78 is 0. The van der Waals surface area contributed by atoms with Crippen LogP contribution in [0.3, 0.4) is 0 Å². The Morgan fingerprint density at radius 3 is 2.54 bits per heavy atom. The normalized spacial score (nSPS) is 25.9. The second-order valence-corrected chi connectivity index (χ2v) is 8.79. The molecule has 0 aromatic carbocycles. The Labute approximate surface area is 158 Å². The highest BCUT2D eigenvalue weighted by atomic mass is 16.2. The third-order valence-corrected chi connectivity index (χ3v) is 6.31. The van der Waals surface area contributed by atoms with Crippen molar-refractivity contribution in [1.29, 1.82) is 0 Å². The quantitative estimate of drug-likeness (QED) is 0.769. The molecule has 6 nitrogen and oxygen atoms in total. The molecule has 0 aromatic heterocycles. The molecule has 2 saturated heterocycles. The lowest BCUT2D eigenvalue weighted by molar-refractivity contribution is -0.134. The lowest BCUT2D eigenvalue weighted by Crippen LogP contribution is -2.50. The van der Waals surface area contributed by atoms with Crippen LogP contribution in [0.1, 0.15) is 46.0 Å². The minimum Gasteiger partial charge on any atom is -0.339 e. The molecule has 1 N–H and O–H groups in total. The summed E-state index contributed by atoms with van der Waals surface area (Å²) in [6.07, 6.45) is 5.17. The highest BCUT2D eigenvalue weighted by Crippen LogP contribution is 2.32. The number of hydrogen-bond acceptors (Lipinski definition) is 4. The van der Waals surface area contributed by atoms with Crippen molar-refractivity contribution in [1.82, 2.24) is 20.0 Å². The predicted molar refractivity (Wildman–Crippen MR) is 103 cm³/mol. The average Bonchev–Trinajstić information content (AvgIpc) is 3.45. The molecule has 3 rings (SSSR count). The molecule has 6 heteroatoms. The summed E-state index contributed by atoms with van der Waals surface area (Å²) in [6.45, 7) is 9.03. The molecule has 1 aliphatic carbocycles. The van der Waals surface area contributed by atoms with Crippen LogP contribution >= 0.6 is 0 Å². The molecule has 0 unspecified atom stereocenters. The maximum Gasteiger partial charge on any atom is 0.236 e. The van der Waals surface area contributed by atoms with E-state index in [1.54, 1.807) is 0 Å². The smallest absolute Gasteiger partial charge is 0.236 e. The van der Waals surface area contributed by atoms with E-state index in [0.717, 1.165) is 32.5 Å². The molecule has 0 spiro atoms. The first-order valence-electron chi connectivity index (χ1n) is 10.4. The summed E-state index contributed by atoms with van der Waals surface area (Å²) in [4.78, 5) is 31.9. The fraction of sp³-hybridized carbons (Fsp3) is 0.900. The van der Waals surface area contributed by atoms with Gasteiger partial charge >= 0.3 is 0 Å². The van der Waals surface area contributed by atoms with E-state index in [4.69, 9.17) is 0 Å². The zero-order valence-corrected chi connectivity index (χ0v) is 16.7. The zero-order valence-electron chi connectivity index (χ0n) is 16.7. The van der Waals surface area contributed by atoms with Gasteiger partial charge in [-0.2, -0.15) is 0 Å². The van der Waals surface area contributed by atoms with Crippen LogP contribution in [0, 0.1) is 11.8 Å². The van der Waals surface area contributed by atoms with Crippen molar-refractivity contribution >= 4 is 11.8 Å². The molecule has 26 heavy (non-hydrogen) atoms. The number of carbonyl (C=O) groups is 2. The number of amides is 2. The fourth-order valence-electron chi connectivity index (χ4n) is 4.28. The van der Waals surface area contributed by atoms with Crippen molar-refractivity contribution in [2.75, 3.05) is 46.3 Å². The standard InChI is InChI=1S/C20H36N4O2/c1-15(2)18-13-23(11-8-19(25)24(18)12-16-4-5-16)20(26)14-22(3)17-6-9-21-10-7-17/h15-18,21H,4-14H2,1-3H3/t18-/m1/s1. The van der Waals surface area contributed by atoms with Crippen LogP contribution in [0.25, 0.3) is 0 Å². The van der Waals surface area contributed by atoms with Crippen molar-refractivity contribution in [3.63, 3.8) is 0 Å². The topological polar surface area (TPSA) is 55.9 Å². The van der Waals surface area contributed by atoms with Crippen LogP contribution in [0.2, 0.25) is 0 Å². The highest BCUT2D eigenvalue weighted by molar-refractivity contribution is 5.81. The van der Waals surface area contributed by atoms with Crippen LogP contribution in [0.4, 0.5) is 0 Å². The van der Waals surface area contributed by atoms with E-state index in [9.17, 15) is 9.59 Å². The van der Waals surface area contributed by atoms with Crippen LogP contribution in [0.15, 0.2) is 0 Å². The summed E-state index contributed by atoms with van der Waals surface area (Å²) >= 11 is 0. The molecule has 3 aliphatic rings. The Morgan fingerprint density at radius 1 is 1.23 bits per heavy atom. The first kappa shape index (κ1) is 19.6. The molecule has 1 atom stereocenters. The van der Waals surface area contributed by atoms with Crippen molar-refractivity contribution in [2.45, 2.75) is 58.0 Å². The second-order valence-electron chi connectivity index (χ2n) is 8.79. The number of nitrogens with zero attached hydrogens (tertiary/aromatic N) is 3.